The molecule has 12 nitrogen and oxygen atoms in total. The Morgan fingerprint density at radius 1 is 1.05 bits per heavy atom. The van der Waals surface area contributed by atoms with Crippen molar-refractivity contribution in [1.82, 2.24) is 29.7 Å². The van der Waals surface area contributed by atoms with Crippen LogP contribution >= 0.6 is 23.2 Å². The fourth-order valence-electron chi connectivity index (χ4n) is 5.91. The summed E-state index contributed by atoms with van der Waals surface area (Å²) in [5.41, 5.74) is 7.66. The molecule has 0 unspecified atom stereocenters. The molecule has 2 aliphatic carbocycles. The lowest BCUT2D eigenvalue weighted by molar-refractivity contribution is -0.122. The molecular weight excluding hydrogens is 567 g/mol. The molecule has 2 saturated carbocycles. The average Bonchev–Trinajstić information content (AvgIpc) is 3.63. The van der Waals surface area contributed by atoms with Gasteiger partial charge in [0, 0.05) is 23.9 Å². The van der Waals surface area contributed by atoms with Gasteiger partial charge in [-0.15, -0.1) is 0 Å². The van der Waals surface area contributed by atoms with Crippen LogP contribution in [-0.2, 0) is 4.79 Å². The molecule has 2 fully saturated rings. The Bertz CT molecular complexity index is 1580. The number of carbonyl (C=O) groups excluding carboxylic acids is 1. The second-order valence-electron chi connectivity index (χ2n) is 10.6. The molecule has 1 aromatic carbocycles. The number of aromatic nitrogens is 6. The maximum Gasteiger partial charge on any atom is 0.229 e. The van der Waals surface area contributed by atoms with E-state index >= 15 is 0 Å². The van der Waals surface area contributed by atoms with Gasteiger partial charge in [-0.1, -0.05) is 28.4 Å². The van der Waals surface area contributed by atoms with Gasteiger partial charge in [-0.3, -0.25) is 9.36 Å². The van der Waals surface area contributed by atoms with E-state index in [0.29, 0.717) is 63.1 Å². The van der Waals surface area contributed by atoms with Crippen molar-refractivity contribution < 1.29 is 9.32 Å². The Morgan fingerprint density at radius 2 is 1.78 bits per heavy atom. The molecule has 0 spiro atoms. The van der Waals surface area contributed by atoms with Crippen LogP contribution in [0.25, 0.3) is 11.2 Å². The highest BCUT2D eigenvalue weighted by Crippen LogP contribution is 2.40. The topological polar surface area (TPSA) is 173 Å². The van der Waals surface area contributed by atoms with Gasteiger partial charge in [0.2, 0.25) is 23.7 Å². The lowest BCUT2D eigenvalue weighted by atomic mass is 9.85. The molecule has 14 heteroatoms. The fourth-order valence-corrected chi connectivity index (χ4v) is 6.49. The minimum Gasteiger partial charge on any atom is -0.369 e. The number of nitrogens with zero attached hydrogens (tertiary/aromatic N) is 7. The number of hydrogen-bond acceptors (Lipinski definition) is 10. The third-order valence-electron chi connectivity index (χ3n) is 8.09. The third kappa shape index (κ3) is 5.64. The van der Waals surface area contributed by atoms with Crippen LogP contribution in [0, 0.1) is 17.2 Å². The molecule has 4 N–H and O–H groups in total. The first kappa shape index (κ1) is 27.2. The lowest BCUT2D eigenvalue weighted by Gasteiger charge is -2.29. The second kappa shape index (κ2) is 11.5. The third-order valence-corrected chi connectivity index (χ3v) is 8.69. The monoisotopic (exact) mass is 594 g/mol. The van der Waals surface area contributed by atoms with Gasteiger partial charge in [0.25, 0.3) is 0 Å². The van der Waals surface area contributed by atoms with Gasteiger partial charge in [0.15, 0.2) is 12.0 Å². The molecule has 0 atom stereocenters. The van der Waals surface area contributed by atoms with E-state index in [1.807, 2.05) is 4.57 Å². The first-order valence-electron chi connectivity index (χ1n) is 13.6. The number of amides is 1. The summed E-state index contributed by atoms with van der Waals surface area (Å²) in [4.78, 5) is 30.3. The van der Waals surface area contributed by atoms with E-state index in [2.05, 4.69) is 31.8 Å². The van der Waals surface area contributed by atoms with E-state index in [-0.39, 0.29) is 29.8 Å². The van der Waals surface area contributed by atoms with Gasteiger partial charge < -0.3 is 20.9 Å². The molecule has 1 amide bonds. The van der Waals surface area contributed by atoms with E-state index in [4.69, 9.17) is 43.4 Å². The molecule has 4 aromatic rings. The summed E-state index contributed by atoms with van der Waals surface area (Å²) in [7, 11) is 0. The van der Waals surface area contributed by atoms with E-state index in [1.165, 1.54) is 6.33 Å². The van der Waals surface area contributed by atoms with E-state index in [0.717, 1.165) is 38.5 Å². The number of halogens is 2. The quantitative estimate of drug-likeness (QED) is 0.248. The minimum atomic E-state index is -0.268. The summed E-state index contributed by atoms with van der Waals surface area (Å²) in [6, 6.07) is 5.38. The Labute approximate surface area is 245 Å². The Kier molecular flexibility index (Phi) is 7.64. The molecule has 3 heterocycles. The molecule has 41 heavy (non-hydrogen) atoms. The second-order valence-corrected chi connectivity index (χ2v) is 11.5. The number of anilines is 3. The van der Waals surface area contributed by atoms with Crippen molar-refractivity contribution >= 4 is 57.9 Å². The first-order chi connectivity index (χ1) is 19.9. The number of nitrogens with two attached hydrogens (primary N) is 1. The van der Waals surface area contributed by atoms with Crippen LogP contribution in [-0.4, -0.2) is 41.6 Å². The van der Waals surface area contributed by atoms with E-state index < -0.39 is 0 Å². The van der Waals surface area contributed by atoms with E-state index in [9.17, 15) is 10.1 Å². The standard InChI is InChI=1S/C27H28Cl2N10O2/c28-19-9-14(11-30)10-20(29)22(19)37-27-36-21-12-32-26(35-17-5-1-16(2-6-17)25-33-13-34-41-25)38-24(21)39(27)18-7-3-15(4-8-18)23(31)40/h9-10,12-13,15-18H,1-8H2,(H2,31,40)(H,36,37)(H,32,35,38). The number of nitriles is 1. The van der Waals surface area contributed by atoms with Crippen LogP contribution in [0.15, 0.2) is 29.2 Å². The molecule has 2 aliphatic rings. The van der Waals surface area contributed by atoms with Crippen molar-refractivity contribution in [3.8, 4) is 6.07 Å². The maximum atomic E-state index is 11.8. The van der Waals surface area contributed by atoms with Gasteiger partial charge in [0.1, 0.15) is 5.52 Å². The smallest absolute Gasteiger partial charge is 0.229 e. The zero-order chi connectivity index (χ0) is 28.5. The van der Waals surface area contributed by atoms with Crippen LogP contribution in [0.3, 0.4) is 0 Å². The normalized spacial score (nSPS) is 22.8. The van der Waals surface area contributed by atoms with Crippen molar-refractivity contribution in [3.05, 3.63) is 46.2 Å². The number of nitrogens with one attached hydrogen (secondary N) is 2. The number of primary amides is 1. The number of fused-ring (bicyclic) bond motifs is 1. The highest BCUT2D eigenvalue weighted by Gasteiger charge is 2.30. The van der Waals surface area contributed by atoms with E-state index in [1.54, 1.807) is 18.3 Å². The number of benzene rings is 1. The fraction of sp³-hybridized carbons (Fsp3) is 0.444. The highest BCUT2D eigenvalue weighted by atomic mass is 35.5. The highest BCUT2D eigenvalue weighted by molar-refractivity contribution is 6.39. The van der Waals surface area contributed by atoms with Crippen molar-refractivity contribution in [2.75, 3.05) is 10.6 Å². The molecule has 3 aromatic heterocycles. The molecular formula is C27H28Cl2N10O2. The number of rotatable bonds is 7. The maximum absolute atomic E-state index is 11.8. The molecule has 6 rings (SSSR count). The molecule has 212 valence electrons. The SMILES string of the molecule is N#Cc1cc(Cl)c(Nc2nc3cnc(NC4CCC(c5ncno5)CC4)nc3n2C2CCC(C(N)=O)CC2)c(Cl)c1. The van der Waals surface area contributed by atoms with Crippen LogP contribution in [0.2, 0.25) is 10.0 Å². The van der Waals surface area contributed by atoms with Crippen molar-refractivity contribution in [1.29, 1.82) is 5.26 Å². The van der Waals surface area contributed by atoms with Gasteiger partial charge in [-0.2, -0.15) is 15.2 Å². The number of imidazole rings is 1. The first-order valence-corrected chi connectivity index (χ1v) is 14.4. The van der Waals surface area contributed by atoms with Crippen molar-refractivity contribution in [2.45, 2.75) is 69.4 Å². The Morgan fingerprint density at radius 3 is 2.41 bits per heavy atom. The predicted octanol–water partition coefficient (Wildman–Crippen LogP) is 5.49. The van der Waals surface area contributed by atoms with Gasteiger partial charge in [0.05, 0.1) is 33.6 Å². The van der Waals surface area contributed by atoms with Crippen molar-refractivity contribution in [2.24, 2.45) is 11.7 Å². The molecule has 0 radical (unpaired) electrons. The van der Waals surface area contributed by atoms with Crippen LogP contribution in [0.5, 0.6) is 0 Å². The lowest BCUT2D eigenvalue weighted by Crippen LogP contribution is -2.29. The summed E-state index contributed by atoms with van der Waals surface area (Å²) in [6.45, 7) is 0. The minimum absolute atomic E-state index is 0.0154. The Hall–Kier alpha value is -3.95. The average molecular weight is 595 g/mol. The van der Waals surface area contributed by atoms with Gasteiger partial charge in [-0.05, 0) is 63.5 Å². The van der Waals surface area contributed by atoms with Gasteiger partial charge >= 0.3 is 0 Å². The van der Waals surface area contributed by atoms with Crippen LogP contribution in [0.4, 0.5) is 17.6 Å². The van der Waals surface area contributed by atoms with Crippen LogP contribution < -0.4 is 16.4 Å². The molecule has 0 aliphatic heterocycles. The summed E-state index contributed by atoms with van der Waals surface area (Å²) >= 11 is 13.0. The largest absolute Gasteiger partial charge is 0.369 e. The van der Waals surface area contributed by atoms with Crippen LogP contribution in [0.1, 0.15) is 74.8 Å². The zero-order valence-electron chi connectivity index (χ0n) is 22.1. The predicted molar refractivity (Wildman–Crippen MR) is 153 cm³/mol. The summed E-state index contributed by atoms with van der Waals surface area (Å²) in [6.07, 6.45) is 9.68. The summed E-state index contributed by atoms with van der Waals surface area (Å²) in [5, 5.41) is 20.4. The molecule has 0 bridgehead atoms. The Balaban J connectivity index is 1.29. The number of hydrogen-bond donors (Lipinski definition) is 3. The number of carbonyl (C=O) groups is 1. The summed E-state index contributed by atoms with van der Waals surface area (Å²) in [5.74, 6) is 1.57. The zero-order valence-corrected chi connectivity index (χ0v) is 23.6. The van der Waals surface area contributed by atoms with Crippen molar-refractivity contribution in [3.63, 3.8) is 0 Å². The molecule has 0 saturated heterocycles. The summed E-state index contributed by atoms with van der Waals surface area (Å²) < 4.78 is 7.30. The van der Waals surface area contributed by atoms with Gasteiger partial charge in [-0.25, -0.2) is 9.97 Å².